The highest BCUT2D eigenvalue weighted by Crippen LogP contribution is 2.29. The minimum absolute atomic E-state index is 0.136. The first kappa shape index (κ1) is 18.5. The largest absolute Gasteiger partial charge is 0.489 e. The molecule has 1 fully saturated rings. The topological polar surface area (TPSA) is 38.3 Å². The number of halogens is 3. The van der Waals surface area contributed by atoms with Crippen LogP contribution < -0.4 is 10.1 Å². The molecule has 0 unspecified atom stereocenters. The highest BCUT2D eigenvalue weighted by atomic mass is 32.2. The van der Waals surface area contributed by atoms with E-state index < -0.39 is 11.7 Å². The lowest BCUT2D eigenvalue weighted by atomic mass is 10.1. The molecule has 2 aromatic rings. The van der Waals surface area contributed by atoms with Crippen LogP contribution in [-0.4, -0.2) is 10.2 Å². The number of thioether (sulfide) groups is 1. The number of amides is 1. The van der Waals surface area contributed by atoms with Gasteiger partial charge in [0.05, 0.1) is 10.5 Å². The number of alkyl halides is 3. The molecule has 26 heavy (non-hydrogen) atoms. The van der Waals surface area contributed by atoms with Crippen molar-refractivity contribution in [2.24, 2.45) is 0 Å². The fourth-order valence-corrected chi connectivity index (χ4v) is 3.27. The summed E-state index contributed by atoms with van der Waals surface area (Å²) in [5, 5.41) is 2.54. The molecule has 0 saturated carbocycles. The Balaban J connectivity index is 1.67. The molecule has 0 bridgehead atoms. The Morgan fingerprint density at radius 1 is 1.15 bits per heavy atom. The van der Waals surface area contributed by atoms with Crippen LogP contribution >= 0.6 is 24.0 Å². The van der Waals surface area contributed by atoms with Crippen LogP contribution in [0.5, 0.6) is 5.75 Å². The first-order valence-corrected chi connectivity index (χ1v) is 8.67. The fraction of sp³-hybridized carbons (Fsp3) is 0.111. The summed E-state index contributed by atoms with van der Waals surface area (Å²) in [7, 11) is 0. The maximum Gasteiger partial charge on any atom is 0.416 e. The normalized spacial score (nSPS) is 16.0. The van der Waals surface area contributed by atoms with Gasteiger partial charge in [-0.05, 0) is 41.5 Å². The third-order valence-corrected chi connectivity index (χ3v) is 4.65. The van der Waals surface area contributed by atoms with Crippen molar-refractivity contribution in [3.05, 3.63) is 70.1 Å². The van der Waals surface area contributed by atoms with Crippen molar-refractivity contribution in [1.82, 2.24) is 5.32 Å². The Hall–Kier alpha value is -2.32. The molecule has 1 saturated heterocycles. The van der Waals surface area contributed by atoms with Crippen LogP contribution in [0, 0.1) is 0 Å². The van der Waals surface area contributed by atoms with Crippen LogP contribution in [0.4, 0.5) is 13.2 Å². The van der Waals surface area contributed by atoms with Crippen molar-refractivity contribution in [1.29, 1.82) is 0 Å². The lowest BCUT2D eigenvalue weighted by molar-refractivity contribution is -0.137. The van der Waals surface area contributed by atoms with Crippen LogP contribution in [0.2, 0.25) is 0 Å². The summed E-state index contributed by atoms with van der Waals surface area (Å²) in [6.07, 6.45) is -2.65. The van der Waals surface area contributed by atoms with Crippen molar-refractivity contribution < 1.29 is 22.7 Å². The molecule has 1 N–H and O–H groups in total. The van der Waals surface area contributed by atoms with Gasteiger partial charge in [0, 0.05) is 0 Å². The standard InChI is InChI=1S/C18H12F3NO2S2/c19-18(20,21)13-6-4-11(5-7-13)10-24-14-3-1-2-12(8-14)9-15-16(23)22-17(25)26-15/h1-9H,10H2,(H,22,23,25). The summed E-state index contributed by atoms with van der Waals surface area (Å²) in [6, 6.07) is 11.9. The van der Waals surface area contributed by atoms with Gasteiger partial charge in [-0.2, -0.15) is 13.2 Å². The Morgan fingerprint density at radius 2 is 1.88 bits per heavy atom. The van der Waals surface area contributed by atoms with Gasteiger partial charge in [-0.1, -0.05) is 48.2 Å². The lowest BCUT2D eigenvalue weighted by Gasteiger charge is -2.09. The number of nitrogens with one attached hydrogen (secondary N) is 1. The third kappa shape index (κ3) is 4.64. The molecular formula is C18H12F3NO2S2. The average molecular weight is 395 g/mol. The summed E-state index contributed by atoms with van der Waals surface area (Å²) in [4.78, 5) is 12.2. The van der Waals surface area contributed by atoms with E-state index in [0.717, 1.165) is 17.7 Å². The van der Waals surface area contributed by atoms with E-state index in [1.165, 1.54) is 23.9 Å². The summed E-state index contributed by atoms with van der Waals surface area (Å²) in [6.45, 7) is 0.136. The molecule has 0 radical (unpaired) electrons. The van der Waals surface area contributed by atoms with Crippen molar-refractivity contribution >= 4 is 40.3 Å². The SMILES string of the molecule is O=C1NC(=S)SC1=Cc1cccc(OCc2ccc(C(F)(F)F)cc2)c1. The Morgan fingerprint density at radius 3 is 2.50 bits per heavy atom. The van der Waals surface area contributed by atoms with Gasteiger partial charge in [0.2, 0.25) is 0 Å². The number of hydrogen-bond donors (Lipinski definition) is 1. The number of hydrogen-bond acceptors (Lipinski definition) is 4. The first-order valence-electron chi connectivity index (χ1n) is 7.45. The summed E-state index contributed by atoms with van der Waals surface area (Å²) in [5.41, 5.74) is 0.690. The van der Waals surface area contributed by atoms with Gasteiger partial charge in [-0.25, -0.2) is 0 Å². The van der Waals surface area contributed by atoms with E-state index in [1.807, 2.05) is 6.07 Å². The van der Waals surface area contributed by atoms with Crippen molar-refractivity contribution in [2.75, 3.05) is 0 Å². The average Bonchev–Trinajstić information content (AvgIpc) is 2.90. The molecule has 0 atom stereocenters. The molecule has 1 aliphatic heterocycles. The number of thiocarbonyl (C=S) groups is 1. The van der Waals surface area contributed by atoms with Crippen molar-refractivity contribution in [3.63, 3.8) is 0 Å². The smallest absolute Gasteiger partial charge is 0.416 e. The van der Waals surface area contributed by atoms with E-state index in [2.05, 4.69) is 5.32 Å². The molecular weight excluding hydrogens is 383 g/mol. The maximum atomic E-state index is 12.6. The Bertz CT molecular complexity index is 877. The highest BCUT2D eigenvalue weighted by molar-refractivity contribution is 8.26. The molecule has 0 aliphatic carbocycles. The maximum absolute atomic E-state index is 12.6. The Labute approximate surface area is 157 Å². The van der Waals surface area contributed by atoms with Crippen LogP contribution in [0.3, 0.4) is 0 Å². The van der Waals surface area contributed by atoms with Gasteiger partial charge in [0.25, 0.3) is 5.91 Å². The number of benzene rings is 2. The number of rotatable bonds is 4. The van der Waals surface area contributed by atoms with Crippen LogP contribution in [0.15, 0.2) is 53.4 Å². The van der Waals surface area contributed by atoms with Gasteiger partial charge >= 0.3 is 6.18 Å². The van der Waals surface area contributed by atoms with E-state index in [4.69, 9.17) is 17.0 Å². The zero-order valence-electron chi connectivity index (χ0n) is 13.2. The molecule has 2 aromatic carbocycles. The van der Waals surface area contributed by atoms with E-state index in [-0.39, 0.29) is 12.5 Å². The molecule has 3 nitrogen and oxygen atoms in total. The van der Waals surface area contributed by atoms with Gasteiger partial charge in [0.1, 0.15) is 16.7 Å². The summed E-state index contributed by atoms with van der Waals surface area (Å²) < 4.78 is 43.7. The number of carbonyl (C=O) groups excluding carboxylic acids is 1. The van der Waals surface area contributed by atoms with E-state index in [1.54, 1.807) is 24.3 Å². The second-order valence-electron chi connectivity index (χ2n) is 5.41. The minimum atomic E-state index is -4.35. The predicted molar refractivity (Wildman–Crippen MR) is 98.5 cm³/mol. The van der Waals surface area contributed by atoms with Gasteiger partial charge in [-0.3, -0.25) is 4.79 Å². The molecule has 1 heterocycles. The second-order valence-corrected chi connectivity index (χ2v) is 7.13. The van der Waals surface area contributed by atoms with Crippen molar-refractivity contribution in [2.45, 2.75) is 12.8 Å². The van der Waals surface area contributed by atoms with Gasteiger partial charge in [0.15, 0.2) is 0 Å². The summed E-state index contributed by atoms with van der Waals surface area (Å²) >= 11 is 6.13. The summed E-state index contributed by atoms with van der Waals surface area (Å²) in [5.74, 6) is 0.307. The zero-order valence-corrected chi connectivity index (χ0v) is 14.8. The molecule has 8 heteroatoms. The molecule has 0 aromatic heterocycles. The predicted octanol–water partition coefficient (Wildman–Crippen LogP) is 4.77. The van der Waals surface area contributed by atoms with Crippen molar-refractivity contribution in [3.8, 4) is 5.75 Å². The van der Waals surface area contributed by atoms with E-state index >= 15 is 0 Å². The monoisotopic (exact) mass is 395 g/mol. The molecule has 134 valence electrons. The quantitative estimate of drug-likeness (QED) is 0.598. The molecule has 3 rings (SSSR count). The van der Waals surface area contributed by atoms with Crippen LogP contribution in [0.1, 0.15) is 16.7 Å². The molecule has 1 amide bonds. The minimum Gasteiger partial charge on any atom is -0.489 e. The van der Waals surface area contributed by atoms with Gasteiger partial charge in [-0.15, -0.1) is 0 Å². The fourth-order valence-electron chi connectivity index (χ4n) is 2.22. The first-order chi connectivity index (χ1) is 12.3. The Kier molecular flexibility index (Phi) is 5.33. The highest BCUT2D eigenvalue weighted by Gasteiger charge is 2.29. The van der Waals surface area contributed by atoms with Crippen LogP contribution in [0.25, 0.3) is 6.08 Å². The number of carbonyl (C=O) groups is 1. The van der Waals surface area contributed by atoms with E-state index in [9.17, 15) is 18.0 Å². The van der Waals surface area contributed by atoms with Crippen LogP contribution in [-0.2, 0) is 17.6 Å². The van der Waals surface area contributed by atoms with E-state index in [0.29, 0.717) is 20.5 Å². The molecule has 0 spiro atoms. The third-order valence-electron chi connectivity index (χ3n) is 3.48. The zero-order chi connectivity index (χ0) is 18.7. The molecule has 1 aliphatic rings. The number of ether oxygens (including phenoxy) is 1. The van der Waals surface area contributed by atoms with Gasteiger partial charge < -0.3 is 10.1 Å². The lowest BCUT2D eigenvalue weighted by Crippen LogP contribution is -2.17. The second kappa shape index (κ2) is 7.51.